The third-order valence-corrected chi connectivity index (χ3v) is 4.50. The van der Waals surface area contributed by atoms with Crippen molar-refractivity contribution in [2.75, 3.05) is 6.61 Å². The summed E-state index contributed by atoms with van der Waals surface area (Å²) in [5, 5.41) is 10.1. The number of nitrogens with two attached hydrogens (primary N) is 1. The molecule has 0 fully saturated rings. The van der Waals surface area contributed by atoms with Crippen LogP contribution in [0.1, 0.15) is 30.0 Å². The number of alkyl halides is 3. The number of halogens is 4. The van der Waals surface area contributed by atoms with Crippen molar-refractivity contribution in [3.63, 3.8) is 0 Å². The maximum Gasteiger partial charge on any atom is 0.419 e. The molecule has 3 N–H and O–H groups in total. The molecule has 0 heterocycles. The number of aromatic hydroxyl groups is 1. The predicted octanol–water partition coefficient (Wildman–Crippen LogP) is 4.52. The van der Waals surface area contributed by atoms with Crippen molar-refractivity contribution in [3.05, 3.63) is 52.8 Å². The van der Waals surface area contributed by atoms with Crippen LogP contribution in [0.2, 0.25) is 0 Å². The molecule has 2 rings (SSSR count). The molecular formula is C19H19F4NO3S. The lowest BCUT2D eigenvalue weighted by molar-refractivity contribution is -0.143. The van der Waals surface area contributed by atoms with Gasteiger partial charge in [-0.25, -0.2) is 4.39 Å². The molecule has 0 radical (unpaired) electrons. The molecule has 0 saturated heterocycles. The van der Waals surface area contributed by atoms with E-state index in [4.69, 9.17) is 10.5 Å². The minimum atomic E-state index is -5.03. The van der Waals surface area contributed by atoms with Gasteiger partial charge in [0.1, 0.15) is 11.6 Å². The highest BCUT2D eigenvalue weighted by molar-refractivity contribution is 7.81. The molecule has 0 unspecified atom stereocenters. The number of ether oxygens (including phenoxy) is 1. The second-order valence-electron chi connectivity index (χ2n) is 6.26. The third kappa shape index (κ3) is 4.59. The fourth-order valence-corrected chi connectivity index (χ4v) is 3.14. The van der Waals surface area contributed by atoms with Gasteiger partial charge in [-0.05, 0) is 43.2 Å². The zero-order valence-electron chi connectivity index (χ0n) is 15.1. The van der Waals surface area contributed by atoms with Crippen molar-refractivity contribution in [2.45, 2.75) is 31.3 Å². The van der Waals surface area contributed by atoms with Gasteiger partial charge in [-0.1, -0.05) is 12.1 Å². The van der Waals surface area contributed by atoms with Crippen molar-refractivity contribution >= 4 is 18.6 Å². The number of esters is 1. The van der Waals surface area contributed by atoms with Gasteiger partial charge < -0.3 is 15.6 Å². The molecule has 0 aromatic heterocycles. The van der Waals surface area contributed by atoms with E-state index in [9.17, 15) is 27.5 Å². The first-order chi connectivity index (χ1) is 12.9. The van der Waals surface area contributed by atoms with Gasteiger partial charge in [0, 0.05) is 11.1 Å². The maximum atomic E-state index is 14.7. The summed E-state index contributed by atoms with van der Waals surface area (Å²) in [6, 6.07) is 6.05. The molecule has 0 spiro atoms. The summed E-state index contributed by atoms with van der Waals surface area (Å²) >= 11 is 4.04. The molecule has 0 saturated carbocycles. The molecule has 0 aliphatic rings. The van der Waals surface area contributed by atoms with Crippen LogP contribution in [0.5, 0.6) is 5.75 Å². The van der Waals surface area contributed by atoms with E-state index >= 15 is 0 Å². The Bertz CT molecular complexity index is 877. The van der Waals surface area contributed by atoms with Crippen LogP contribution in [-0.4, -0.2) is 17.7 Å². The molecule has 1 atom stereocenters. The summed E-state index contributed by atoms with van der Waals surface area (Å²) in [5.41, 5.74) is 4.15. The molecule has 9 heteroatoms. The van der Waals surface area contributed by atoms with E-state index in [0.717, 1.165) is 6.07 Å². The molecule has 2 aromatic rings. The Hall–Kier alpha value is -2.26. The van der Waals surface area contributed by atoms with Crippen LogP contribution >= 0.6 is 12.6 Å². The zero-order valence-corrected chi connectivity index (χ0v) is 16.0. The van der Waals surface area contributed by atoms with Gasteiger partial charge in [0.15, 0.2) is 0 Å². The monoisotopic (exact) mass is 417 g/mol. The number of phenols is 1. The number of hydrogen-bond donors (Lipinski definition) is 3. The quantitative estimate of drug-likeness (QED) is 0.290. The largest absolute Gasteiger partial charge is 0.507 e. The minimum Gasteiger partial charge on any atom is -0.507 e. The topological polar surface area (TPSA) is 72.5 Å². The van der Waals surface area contributed by atoms with E-state index in [1.807, 2.05) is 0 Å². The average Bonchev–Trinajstić information content (AvgIpc) is 2.54. The van der Waals surface area contributed by atoms with Crippen molar-refractivity contribution in [1.82, 2.24) is 0 Å². The molecular weight excluding hydrogens is 398 g/mol. The molecule has 152 valence electrons. The van der Waals surface area contributed by atoms with E-state index in [1.54, 1.807) is 19.9 Å². The van der Waals surface area contributed by atoms with Crippen LogP contribution in [-0.2, 0) is 20.6 Å². The van der Waals surface area contributed by atoms with E-state index in [-0.39, 0.29) is 23.5 Å². The summed E-state index contributed by atoms with van der Waals surface area (Å²) in [7, 11) is 0. The minimum absolute atomic E-state index is 0.0239. The highest BCUT2D eigenvalue weighted by Gasteiger charge is 2.40. The number of hydrogen-bond acceptors (Lipinski definition) is 5. The lowest BCUT2D eigenvalue weighted by atomic mass is 9.91. The Balaban J connectivity index is 2.74. The molecule has 0 aliphatic carbocycles. The number of benzene rings is 2. The third-order valence-electron chi connectivity index (χ3n) is 4.10. The number of rotatable bonds is 5. The fraction of sp³-hybridized carbons (Fsp3) is 0.316. The van der Waals surface area contributed by atoms with E-state index < -0.39 is 40.4 Å². The van der Waals surface area contributed by atoms with E-state index in [2.05, 4.69) is 12.6 Å². The lowest BCUT2D eigenvalue weighted by Gasteiger charge is -2.26. The second-order valence-corrected chi connectivity index (χ2v) is 7.06. The Kier molecular flexibility index (Phi) is 6.30. The Morgan fingerprint density at radius 1 is 1.25 bits per heavy atom. The SMILES string of the molecule is CCOC(=O)C[C@](N)(S)c1cc(-c2c(C)cccc2O)cc(C(F)(F)F)c1F. The summed E-state index contributed by atoms with van der Waals surface area (Å²) in [5.74, 6) is -2.75. The van der Waals surface area contributed by atoms with Crippen molar-refractivity contribution in [2.24, 2.45) is 5.73 Å². The van der Waals surface area contributed by atoms with Gasteiger partial charge in [-0.3, -0.25) is 4.79 Å². The molecule has 28 heavy (non-hydrogen) atoms. The first-order valence-electron chi connectivity index (χ1n) is 8.25. The van der Waals surface area contributed by atoms with Gasteiger partial charge in [0.05, 0.1) is 23.5 Å². The highest BCUT2D eigenvalue weighted by atomic mass is 32.1. The Labute approximate surface area is 164 Å². The highest BCUT2D eigenvalue weighted by Crippen LogP contribution is 2.42. The first-order valence-corrected chi connectivity index (χ1v) is 8.70. The van der Waals surface area contributed by atoms with E-state index in [0.29, 0.717) is 11.6 Å². The van der Waals surface area contributed by atoms with Crippen molar-refractivity contribution in [1.29, 1.82) is 0 Å². The van der Waals surface area contributed by atoms with Crippen molar-refractivity contribution < 1.29 is 32.2 Å². The van der Waals surface area contributed by atoms with Crippen molar-refractivity contribution in [3.8, 4) is 16.9 Å². The van der Waals surface area contributed by atoms with Crippen LogP contribution in [0.25, 0.3) is 11.1 Å². The lowest BCUT2D eigenvalue weighted by Crippen LogP contribution is -2.35. The number of carbonyl (C=O) groups excluding carboxylic acids is 1. The van der Waals surface area contributed by atoms with Crippen LogP contribution < -0.4 is 5.73 Å². The molecule has 2 aromatic carbocycles. The van der Waals surface area contributed by atoms with Crippen LogP contribution in [0, 0.1) is 12.7 Å². The molecule has 4 nitrogen and oxygen atoms in total. The predicted molar refractivity (Wildman–Crippen MR) is 99.3 cm³/mol. The van der Waals surface area contributed by atoms with Gasteiger partial charge >= 0.3 is 12.1 Å². The van der Waals surface area contributed by atoms with Gasteiger partial charge in [-0.2, -0.15) is 25.8 Å². The zero-order chi connectivity index (χ0) is 21.3. The molecule has 0 aliphatic heterocycles. The van der Waals surface area contributed by atoms with Gasteiger partial charge in [-0.15, -0.1) is 0 Å². The van der Waals surface area contributed by atoms with Crippen LogP contribution in [0.3, 0.4) is 0 Å². The fourth-order valence-electron chi connectivity index (χ4n) is 2.85. The summed E-state index contributed by atoms with van der Waals surface area (Å²) in [4.78, 5) is 9.69. The Morgan fingerprint density at radius 3 is 2.39 bits per heavy atom. The molecule has 0 bridgehead atoms. The summed E-state index contributed by atoms with van der Waals surface area (Å²) in [6.45, 7) is 3.15. The maximum absolute atomic E-state index is 14.7. The summed E-state index contributed by atoms with van der Waals surface area (Å²) in [6.07, 6.45) is -5.68. The van der Waals surface area contributed by atoms with E-state index in [1.165, 1.54) is 12.1 Å². The van der Waals surface area contributed by atoms with Gasteiger partial charge in [0.25, 0.3) is 0 Å². The normalized spacial score (nSPS) is 13.9. The number of carbonyl (C=O) groups is 1. The van der Waals surface area contributed by atoms with Gasteiger partial charge in [0.2, 0.25) is 0 Å². The second kappa shape index (κ2) is 8.00. The number of phenolic OH excluding ortho intramolecular Hbond substituents is 1. The Morgan fingerprint density at radius 2 is 1.86 bits per heavy atom. The van der Waals surface area contributed by atoms with Crippen LogP contribution in [0.4, 0.5) is 17.6 Å². The average molecular weight is 417 g/mol. The van der Waals surface area contributed by atoms with Crippen LogP contribution in [0.15, 0.2) is 30.3 Å². The smallest absolute Gasteiger partial charge is 0.419 e. The number of aryl methyl sites for hydroxylation is 1. The molecule has 0 amide bonds. The first kappa shape index (κ1) is 22.0. The number of thiol groups is 1. The standard InChI is InChI=1S/C19H19F4NO3S/c1-3-27-15(26)9-18(24,28)12-7-11(8-13(17(12)20)19(21,22)23)16-10(2)5-4-6-14(16)25/h4-8,25,28H,3,9,24H2,1-2H3/t18-/m0/s1. The summed E-state index contributed by atoms with van der Waals surface area (Å²) < 4.78 is 59.8.